The van der Waals surface area contributed by atoms with E-state index in [0.29, 0.717) is 28.1 Å². The molecule has 2 heterocycles. The number of benzene rings is 2. The highest BCUT2D eigenvalue weighted by Crippen LogP contribution is 2.36. The van der Waals surface area contributed by atoms with Gasteiger partial charge in [0.2, 0.25) is 0 Å². The lowest BCUT2D eigenvalue weighted by Gasteiger charge is -2.13. The van der Waals surface area contributed by atoms with E-state index in [1.54, 1.807) is 28.9 Å². The third-order valence-electron chi connectivity index (χ3n) is 4.60. The van der Waals surface area contributed by atoms with Crippen LogP contribution in [0.2, 0.25) is 0 Å². The van der Waals surface area contributed by atoms with Gasteiger partial charge in [-0.1, -0.05) is 24.3 Å². The number of nitrogens with one attached hydrogen (secondary N) is 1. The molecular weight excluding hydrogens is 388 g/mol. The quantitative estimate of drug-likeness (QED) is 0.542. The highest BCUT2D eigenvalue weighted by atomic mass is 32.2. The molecular formula is C22H20N2O4S. The largest absolute Gasteiger partial charge is 0.457 e. The van der Waals surface area contributed by atoms with E-state index >= 15 is 0 Å². The maximum Gasteiger partial charge on any atom is 0.272 e. The Kier molecular flexibility index (Phi) is 4.76. The Balaban J connectivity index is 1.93. The van der Waals surface area contributed by atoms with Crippen LogP contribution in [0.4, 0.5) is 0 Å². The number of nitrogens with zero attached hydrogens (tertiary/aromatic N) is 1. The number of para-hydroxylation sites is 1. The topological polar surface area (TPSA) is 80.6 Å². The lowest BCUT2D eigenvalue weighted by Crippen LogP contribution is -2.09. The predicted molar refractivity (Wildman–Crippen MR) is 113 cm³/mol. The molecule has 0 fully saturated rings. The number of sulfone groups is 1. The van der Waals surface area contributed by atoms with Crippen LogP contribution >= 0.6 is 0 Å². The van der Waals surface area contributed by atoms with Crippen molar-refractivity contribution in [1.82, 2.24) is 9.38 Å². The van der Waals surface area contributed by atoms with Crippen molar-refractivity contribution in [2.24, 2.45) is 0 Å². The van der Waals surface area contributed by atoms with Crippen LogP contribution in [0.15, 0.2) is 71.8 Å². The van der Waals surface area contributed by atoms with E-state index in [4.69, 9.17) is 4.74 Å². The second-order valence-electron chi connectivity index (χ2n) is 7.04. The summed E-state index contributed by atoms with van der Waals surface area (Å²) in [5.74, 6) is 1.17. The number of aryl methyl sites for hydroxylation is 1. The summed E-state index contributed by atoms with van der Waals surface area (Å²) in [7, 11) is -3.19. The lowest BCUT2D eigenvalue weighted by molar-refractivity contribution is 0.484. The zero-order valence-corrected chi connectivity index (χ0v) is 16.9. The molecule has 2 aromatic heterocycles. The molecule has 0 bridgehead atoms. The Hall–Kier alpha value is -3.32. The maximum absolute atomic E-state index is 12.3. The van der Waals surface area contributed by atoms with E-state index in [-0.39, 0.29) is 11.3 Å². The molecule has 6 nitrogen and oxygen atoms in total. The summed E-state index contributed by atoms with van der Waals surface area (Å²) >= 11 is 0. The fourth-order valence-electron chi connectivity index (χ4n) is 3.43. The summed E-state index contributed by atoms with van der Waals surface area (Å²) in [5.41, 5.74) is 3.30. The van der Waals surface area contributed by atoms with Gasteiger partial charge in [-0.25, -0.2) is 8.42 Å². The Morgan fingerprint density at radius 3 is 2.55 bits per heavy atom. The highest BCUT2D eigenvalue weighted by molar-refractivity contribution is 7.89. The number of aromatic amines is 1. The van der Waals surface area contributed by atoms with Gasteiger partial charge in [-0.05, 0) is 48.4 Å². The molecule has 4 rings (SSSR count). The monoisotopic (exact) mass is 408 g/mol. The van der Waals surface area contributed by atoms with Crippen molar-refractivity contribution in [3.05, 3.63) is 88.5 Å². The van der Waals surface area contributed by atoms with Crippen LogP contribution in [0.25, 0.3) is 16.8 Å². The Labute approximate surface area is 168 Å². The fraction of sp³-hybridized carbons (Fsp3) is 0.136. The Bertz CT molecular complexity index is 1350. The number of fused-ring (bicyclic) bond motifs is 1. The minimum absolute atomic E-state index is 0.0749. The van der Waals surface area contributed by atoms with E-state index in [1.807, 2.05) is 49.4 Å². The summed E-state index contributed by atoms with van der Waals surface area (Å²) in [6, 6.07) is 16.6. The third kappa shape index (κ3) is 3.95. The van der Waals surface area contributed by atoms with E-state index in [0.717, 1.165) is 11.3 Å². The average molecular weight is 408 g/mol. The predicted octanol–water partition coefficient (Wildman–Crippen LogP) is 3.94. The molecule has 148 valence electrons. The van der Waals surface area contributed by atoms with E-state index in [1.165, 1.54) is 6.26 Å². The SMILES string of the molecule is Cc1cc(-c2cc(CS(C)(=O)=O)ccc2Oc2ccccc2)n2cc[nH]c(=O)c12. The molecule has 0 saturated heterocycles. The van der Waals surface area contributed by atoms with Gasteiger partial charge in [0.25, 0.3) is 5.56 Å². The van der Waals surface area contributed by atoms with E-state index in [9.17, 15) is 13.2 Å². The van der Waals surface area contributed by atoms with Crippen molar-refractivity contribution in [1.29, 1.82) is 0 Å². The molecule has 0 saturated carbocycles. The molecule has 29 heavy (non-hydrogen) atoms. The molecule has 0 radical (unpaired) electrons. The van der Waals surface area contributed by atoms with Crippen molar-refractivity contribution in [3.63, 3.8) is 0 Å². The van der Waals surface area contributed by atoms with Crippen LogP contribution in [0, 0.1) is 6.92 Å². The van der Waals surface area contributed by atoms with E-state index in [2.05, 4.69) is 4.98 Å². The summed E-state index contributed by atoms with van der Waals surface area (Å²) in [6.07, 6.45) is 4.56. The lowest BCUT2D eigenvalue weighted by atomic mass is 10.1. The van der Waals surface area contributed by atoms with Gasteiger partial charge >= 0.3 is 0 Å². The number of hydrogen-bond acceptors (Lipinski definition) is 4. The van der Waals surface area contributed by atoms with Crippen molar-refractivity contribution >= 4 is 15.4 Å². The molecule has 0 aliphatic carbocycles. The maximum atomic E-state index is 12.3. The van der Waals surface area contributed by atoms with Gasteiger partial charge in [-0.2, -0.15) is 0 Å². The zero-order valence-electron chi connectivity index (χ0n) is 16.0. The first kappa shape index (κ1) is 19.0. The number of hydrogen-bond donors (Lipinski definition) is 1. The number of aromatic nitrogens is 2. The molecule has 0 amide bonds. The van der Waals surface area contributed by atoms with Crippen LogP contribution < -0.4 is 10.3 Å². The number of rotatable bonds is 5. The molecule has 2 aromatic carbocycles. The van der Waals surface area contributed by atoms with Crippen LogP contribution in [0.3, 0.4) is 0 Å². The number of ether oxygens (including phenoxy) is 1. The Morgan fingerprint density at radius 1 is 1.07 bits per heavy atom. The summed E-state index contributed by atoms with van der Waals surface area (Å²) < 4.78 is 31.5. The van der Waals surface area contributed by atoms with Gasteiger partial charge in [0.1, 0.15) is 17.0 Å². The van der Waals surface area contributed by atoms with Gasteiger partial charge in [0, 0.05) is 24.2 Å². The van der Waals surface area contributed by atoms with Crippen molar-refractivity contribution in [2.75, 3.05) is 6.26 Å². The minimum atomic E-state index is -3.19. The van der Waals surface area contributed by atoms with Crippen LogP contribution in [0.5, 0.6) is 11.5 Å². The van der Waals surface area contributed by atoms with Crippen molar-refractivity contribution in [3.8, 4) is 22.8 Å². The first-order chi connectivity index (χ1) is 13.8. The average Bonchev–Trinajstić information content (AvgIpc) is 3.00. The molecule has 0 atom stereocenters. The van der Waals surface area contributed by atoms with Crippen molar-refractivity contribution in [2.45, 2.75) is 12.7 Å². The Morgan fingerprint density at radius 2 is 1.83 bits per heavy atom. The van der Waals surface area contributed by atoms with Gasteiger partial charge in [-0.15, -0.1) is 0 Å². The second-order valence-corrected chi connectivity index (χ2v) is 9.18. The first-order valence-electron chi connectivity index (χ1n) is 9.05. The normalized spacial score (nSPS) is 11.7. The molecule has 0 spiro atoms. The standard InChI is InChI=1S/C22H20N2O4S/c1-15-12-19(24-11-10-23-22(25)21(15)24)18-13-16(14-29(2,26)27)8-9-20(18)28-17-6-4-3-5-7-17/h3-13H,14H2,1-2H3,(H,23,25). The highest BCUT2D eigenvalue weighted by Gasteiger charge is 2.17. The molecule has 4 aromatic rings. The number of H-pyrrole nitrogens is 1. The minimum Gasteiger partial charge on any atom is -0.457 e. The van der Waals surface area contributed by atoms with Gasteiger partial charge < -0.3 is 14.1 Å². The van der Waals surface area contributed by atoms with Crippen LogP contribution in [0.1, 0.15) is 11.1 Å². The molecule has 0 unspecified atom stereocenters. The van der Waals surface area contributed by atoms with Gasteiger partial charge in [0.05, 0.1) is 11.4 Å². The van der Waals surface area contributed by atoms with Crippen LogP contribution in [-0.4, -0.2) is 24.1 Å². The van der Waals surface area contributed by atoms with Gasteiger partial charge in [-0.3, -0.25) is 4.79 Å². The second kappa shape index (κ2) is 7.25. The van der Waals surface area contributed by atoms with E-state index < -0.39 is 9.84 Å². The molecule has 0 aliphatic rings. The van der Waals surface area contributed by atoms with Crippen LogP contribution in [-0.2, 0) is 15.6 Å². The fourth-order valence-corrected chi connectivity index (χ4v) is 4.22. The zero-order chi connectivity index (χ0) is 20.6. The van der Waals surface area contributed by atoms with Gasteiger partial charge in [0.15, 0.2) is 9.84 Å². The third-order valence-corrected chi connectivity index (χ3v) is 5.46. The molecule has 0 aliphatic heterocycles. The summed E-state index contributed by atoms with van der Waals surface area (Å²) in [6.45, 7) is 1.87. The summed E-state index contributed by atoms with van der Waals surface area (Å²) in [4.78, 5) is 15.0. The first-order valence-corrected chi connectivity index (χ1v) is 11.1. The smallest absolute Gasteiger partial charge is 0.272 e. The molecule has 7 heteroatoms. The van der Waals surface area contributed by atoms with Crippen molar-refractivity contribution < 1.29 is 13.2 Å². The summed E-state index contributed by atoms with van der Waals surface area (Å²) in [5, 5.41) is 0. The molecule has 1 N–H and O–H groups in total.